The normalized spacial score (nSPS) is 23.0. The molecule has 1 heterocycles. The van der Waals surface area contributed by atoms with Crippen molar-refractivity contribution in [1.29, 1.82) is 0 Å². The molecule has 1 unspecified atom stereocenters. The predicted molar refractivity (Wildman–Crippen MR) is 82.1 cm³/mol. The molecule has 1 fully saturated rings. The number of likely N-dealkylation sites (tertiary alicyclic amines) is 1. The Bertz CT molecular complexity index is 495. The maximum atomic E-state index is 11.3. The first kappa shape index (κ1) is 14.5. The molecule has 4 nitrogen and oxygen atoms in total. The van der Waals surface area contributed by atoms with E-state index < -0.39 is 0 Å². The maximum Gasteiger partial charge on any atom is 0.319 e. The number of hydrogen-bond acceptors (Lipinski definition) is 4. The second-order valence-electron chi connectivity index (χ2n) is 6.08. The zero-order valence-corrected chi connectivity index (χ0v) is 12.7. The molecule has 0 amide bonds. The summed E-state index contributed by atoms with van der Waals surface area (Å²) in [5.74, 6) is -0.133. The van der Waals surface area contributed by atoms with Gasteiger partial charge in [0.05, 0.1) is 13.7 Å². The molecule has 0 spiro atoms. The van der Waals surface area contributed by atoms with Crippen molar-refractivity contribution >= 4 is 5.97 Å². The minimum Gasteiger partial charge on any atom is -0.468 e. The van der Waals surface area contributed by atoms with Gasteiger partial charge in [0.25, 0.3) is 0 Å². The molecule has 2 aliphatic rings. The highest BCUT2D eigenvalue weighted by Crippen LogP contribution is 2.31. The summed E-state index contributed by atoms with van der Waals surface area (Å²) in [6.45, 7) is 2.37. The van der Waals surface area contributed by atoms with Gasteiger partial charge in [0.1, 0.15) is 0 Å². The molecule has 1 N–H and O–H groups in total. The molecule has 0 aromatic heterocycles. The minimum atomic E-state index is -0.133. The fourth-order valence-corrected chi connectivity index (χ4v) is 3.52. The number of rotatable bonds is 4. The third-order valence-corrected chi connectivity index (χ3v) is 4.74. The van der Waals surface area contributed by atoms with Crippen molar-refractivity contribution in [2.75, 3.05) is 26.7 Å². The van der Waals surface area contributed by atoms with E-state index in [9.17, 15) is 4.79 Å². The van der Waals surface area contributed by atoms with Crippen molar-refractivity contribution in [3.05, 3.63) is 35.4 Å². The Labute approximate surface area is 126 Å². The van der Waals surface area contributed by atoms with Crippen LogP contribution in [-0.2, 0) is 16.0 Å². The first-order chi connectivity index (χ1) is 10.3. The largest absolute Gasteiger partial charge is 0.468 e. The van der Waals surface area contributed by atoms with E-state index in [-0.39, 0.29) is 5.97 Å². The lowest BCUT2D eigenvalue weighted by atomic mass is 10.0. The van der Waals surface area contributed by atoms with Gasteiger partial charge in [-0.2, -0.15) is 0 Å². The van der Waals surface area contributed by atoms with Crippen LogP contribution in [0.3, 0.4) is 0 Å². The summed E-state index contributed by atoms with van der Waals surface area (Å²) < 4.78 is 4.73. The Morgan fingerprint density at radius 3 is 2.81 bits per heavy atom. The summed E-state index contributed by atoms with van der Waals surface area (Å²) in [4.78, 5) is 13.5. The fourth-order valence-electron chi connectivity index (χ4n) is 3.52. The average molecular weight is 288 g/mol. The van der Waals surface area contributed by atoms with Gasteiger partial charge in [-0.3, -0.25) is 9.69 Å². The van der Waals surface area contributed by atoms with Gasteiger partial charge in [-0.25, -0.2) is 0 Å². The van der Waals surface area contributed by atoms with Gasteiger partial charge in [0, 0.05) is 25.2 Å². The predicted octanol–water partition coefficient (Wildman–Crippen LogP) is 1.90. The minimum absolute atomic E-state index is 0.133. The van der Waals surface area contributed by atoms with Gasteiger partial charge in [-0.1, -0.05) is 24.3 Å². The quantitative estimate of drug-likeness (QED) is 0.859. The zero-order valence-electron chi connectivity index (χ0n) is 12.7. The second-order valence-corrected chi connectivity index (χ2v) is 6.08. The summed E-state index contributed by atoms with van der Waals surface area (Å²) in [5, 5.41) is 3.82. The summed E-state index contributed by atoms with van der Waals surface area (Å²) in [5.41, 5.74) is 2.98. The highest BCUT2D eigenvalue weighted by Gasteiger charge is 2.27. The summed E-state index contributed by atoms with van der Waals surface area (Å²) in [7, 11) is 1.45. The Balaban J connectivity index is 1.49. The van der Waals surface area contributed by atoms with Crippen molar-refractivity contribution in [2.24, 2.45) is 0 Å². The van der Waals surface area contributed by atoms with E-state index in [2.05, 4.69) is 34.5 Å². The van der Waals surface area contributed by atoms with Crippen LogP contribution in [0.2, 0.25) is 0 Å². The number of fused-ring (bicyclic) bond motifs is 1. The molecule has 0 saturated carbocycles. The van der Waals surface area contributed by atoms with Crippen molar-refractivity contribution in [3.63, 3.8) is 0 Å². The monoisotopic (exact) mass is 288 g/mol. The van der Waals surface area contributed by atoms with Crippen molar-refractivity contribution in [3.8, 4) is 0 Å². The van der Waals surface area contributed by atoms with Crippen LogP contribution in [0, 0.1) is 0 Å². The molecule has 114 valence electrons. The van der Waals surface area contributed by atoms with Crippen LogP contribution in [0.25, 0.3) is 0 Å². The molecule has 1 aromatic rings. The third-order valence-electron chi connectivity index (χ3n) is 4.74. The summed E-state index contributed by atoms with van der Waals surface area (Å²) >= 11 is 0. The van der Waals surface area contributed by atoms with Gasteiger partial charge >= 0.3 is 5.97 Å². The SMILES string of the molecule is COC(=O)CN1CCC(NC2CCc3ccccc32)CC1. The van der Waals surface area contributed by atoms with Crippen LogP contribution < -0.4 is 5.32 Å². The van der Waals surface area contributed by atoms with Crippen LogP contribution in [0.1, 0.15) is 36.4 Å². The zero-order chi connectivity index (χ0) is 14.7. The topological polar surface area (TPSA) is 41.6 Å². The molecule has 1 atom stereocenters. The number of piperidine rings is 1. The standard InChI is InChI=1S/C17H24N2O2/c1-21-17(20)12-19-10-8-14(9-11-19)18-16-7-6-13-4-2-3-5-15(13)16/h2-5,14,16,18H,6-12H2,1H3. The van der Waals surface area contributed by atoms with E-state index in [4.69, 9.17) is 4.74 Å². The van der Waals surface area contributed by atoms with Gasteiger partial charge < -0.3 is 10.1 Å². The van der Waals surface area contributed by atoms with E-state index in [1.807, 2.05) is 0 Å². The number of nitrogens with one attached hydrogen (secondary N) is 1. The maximum absolute atomic E-state index is 11.3. The van der Waals surface area contributed by atoms with Gasteiger partial charge in [0.2, 0.25) is 0 Å². The Morgan fingerprint density at radius 1 is 1.29 bits per heavy atom. The van der Waals surface area contributed by atoms with Gasteiger partial charge in [-0.05, 0) is 36.8 Å². The number of ether oxygens (including phenoxy) is 1. The number of esters is 1. The number of nitrogens with zero attached hydrogens (tertiary/aromatic N) is 1. The molecule has 0 radical (unpaired) electrons. The average Bonchev–Trinajstić information content (AvgIpc) is 2.92. The molecule has 21 heavy (non-hydrogen) atoms. The number of carbonyl (C=O) groups is 1. The van der Waals surface area contributed by atoms with Crippen molar-refractivity contribution in [1.82, 2.24) is 10.2 Å². The van der Waals surface area contributed by atoms with Crippen LogP contribution in [0.15, 0.2) is 24.3 Å². The second kappa shape index (κ2) is 6.58. The lowest BCUT2D eigenvalue weighted by Crippen LogP contribution is -2.45. The smallest absolute Gasteiger partial charge is 0.319 e. The van der Waals surface area contributed by atoms with Crippen LogP contribution >= 0.6 is 0 Å². The number of aryl methyl sites for hydroxylation is 1. The third kappa shape index (κ3) is 3.44. The molecular weight excluding hydrogens is 264 g/mol. The van der Waals surface area contributed by atoms with E-state index in [1.165, 1.54) is 31.1 Å². The Hall–Kier alpha value is -1.39. The Morgan fingerprint density at radius 2 is 2.05 bits per heavy atom. The lowest BCUT2D eigenvalue weighted by Gasteiger charge is -2.33. The molecule has 1 aromatic carbocycles. The molecule has 4 heteroatoms. The fraction of sp³-hybridized carbons (Fsp3) is 0.588. The number of benzene rings is 1. The molecular formula is C17H24N2O2. The lowest BCUT2D eigenvalue weighted by molar-refractivity contribution is -0.142. The highest BCUT2D eigenvalue weighted by molar-refractivity contribution is 5.71. The molecule has 1 aliphatic heterocycles. The van der Waals surface area contributed by atoms with Crippen LogP contribution in [-0.4, -0.2) is 43.7 Å². The Kier molecular flexibility index (Phi) is 4.56. The molecule has 0 bridgehead atoms. The molecule has 1 aliphatic carbocycles. The number of methoxy groups -OCH3 is 1. The molecule has 1 saturated heterocycles. The summed E-state index contributed by atoms with van der Waals surface area (Å²) in [6.07, 6.45) is 4.61. The van der Waals surface area contributed by atoms with Crippen molar-refractivity contribution in [2.45, 2.75) is 37.8 Å². The summed E-state index contributed by atoms with van der Waals surface area (Å²) in [6, 6.07) is 9.85. The highest BCUT2D eigenvalue weighted by atomic mass is 16.5. The first-order valence-corrected chi connectivity index (χ1v) is 7.89. The van der Waals surface area contributed by atoms with E-state index in [0.29, 0.717) is 18.6 Å². The van der Waals surface area contributed by atoms with Gasteiger partial charge in [-0.15, -0.1) is 0 Å². The van der Waals surface area contributed by atoms with Crippen LogP contribution in [0.4, 0.5) is 0 Å². The number of carbonyl (C=O) groups excluding carboxylic acids is 1. The van der Waals surface area contributed by atoms with Crippen molar-refractivity contribution < 1.29 is 9.53 Å². The van der Waals surface area contributed by atoms with Crippen LogP contribution in [0.5, 0.6) is 0 Å². The van der Waals surface area contributed by atoms with E-state index >= 15 is 0 Å². The van der Waals surface area contributed by atoms with E-state index in [1.54, 1.807) is 0 Å². The molecule has 3 rings (SSSR count). The van der Waals surface area contributed by atoms with Gasteiger partial charge in [0.15, 0.2) is 0 Å². The number of hydrogen-bond donors (Lipinski definition) is 1. The van der Waals surface area contributed by atoms with E-state index in [0.717, 1.165) is 25.9 Å². The first-order valence-electron chi connectivity index (χ1n) is 7.89.